The van der Waals surface area contributed by atoms with Gasteiger partial charge in [0.1, 0.15) is 0 Å². The van der Waals surface area contributed by atoms with Crippen molar-refractivity contribution in [2.24, 2.45) is 5.73 Å². The predicted octanol–water partition coefficient (Wildman–Crippen LogP) is -1.40. The van der Waals surface area contributed by atoms with Crippen molar-refractivity contribution in [3.05, 3.63) is 5.70 Å². The van der Waals surface area contributed by atoms with Crippen LogP contribution in [0.25, 0.3) is 0 Å². The van der Waals surface area contributed by atoms with Gasteiger partial charge in [-0.2, -0.15) is 0 Å². The SMILES string of the molecule is CCCC(N)C(=O)C(=O)NC(=C=O)C(=O)O. The smallest absolute Gasteiger partial charge is 0.364 e. The summed E-state index contributed by atoms with van der Waals surface area (Å²) in [6, 6.07) is -0.994. The minimum absolute atomic E-state index is 0.305. The van der Waals surface area contributed by atoms with Crippen LogP contribution in [-0.4, -0.2) is 34.7 Å². The Hall–Kier alpha value is -1.98. The third kappa shape index (κ3) is 4.04. The van der Waals surface area contributed by atoms with Crippen molar-refractivity contribution in [1.29, 1.82) is 0 Å². The summed E-state index contributed by atoms with van der Waals surface area (Å²) in [5.74, 6) is -2.85. The van der Waals surface area contributed by atoms with Crippen LogP contribution in [0.15, 0.2) is 5.70 Å². The molecule has 0 aliphatic carbocycles. The van der Waals surface area contributed by atoms with E-state index in [2.05, 4.69) is 0 Å². The summed E-state index contributed by atoms with van der Waals surface area (Å²) in [4.78, 5) is 42.8. The fourth-order valence-electron chi connectivity index (χ4n) is 0.908. The van der Waals surface area contributed by atoms with E-state index in [1.165, 1.54) is 0 Å². The van der Waals surface area contributed by atoms with Crippen LogP contribution in [0.1, 0.15) is 19.8 Å². The maximum atomic E-state index is 11.2. The van der Waals surface area contributed by atoms with Crippen LogP contribution in [0.3, 0.4) is 0 Å². The van der Waals surface area contributed by atoms with Crippen molar-refractivity contribution in [2.75, 3.05) is 0 Å². The summed E-state index contributed by atoms with van der Waals surface area (Å²) < 4.78 is 0. The molecule has 0 saturated heterocycles. The number of carbonyl (C=O) groups excluding carboxylic acids is 3. The summed E-state index contributed by atoms with van der Waals surface area (Å²) in [5, 5.41) is 10.0. The van der Waals surface area contributed by atoms with Crippen molar-refractivity contribution >= 4 is 23.6 Å². The Kier molecular flexibility index (Phi) is 5.69. The van der Waals surface area contributed by atoms with Crippen LogP contribution in [-0.2, 0) is 19.2 Å². The van der Waals surface area contributed by atoms with Crippen molar-refractivity contribution in [1.82, 2.24) is 5.32 Å². The van der Waals surface area contributed by atoms with Crippen LogP contribution in [0, 0.1) is 0 Å². The average Bonchev–Trinajstić information content (AvgIpc) is 2.24. The normalized spacial score (nSPS) is 11.1. The van der Waals surface area contributed by atoms with Gasteiger partial charge in [-0.25, -0.2) is 9.59 Å². The van der Waals surface area contributed by atoms with Gasteiger partial charge >= 0.3 is 5.97 Å². The Balaban J connectivity index is 4.53. The van der Waals surface area contributed by atoms with Gasteiger partial charge in [0.15, 0.2) is 5.94 Å². The molecule has 0 radical (unpaired) electrons. The fourth-order valence-corrected chi connectivity index (χ4v) is 0.908. The fraction of sp³-hybridized carbons (Fsp3) is 0.444. The molecule has 1 unspecified atom stereocenters. The predicted molar refractivity (Wildman–Crippen MR) is 52.9 cm³/mol. The maximum Gasteiger partial charge on any atom is 0.364 e. The molecule has 7 heteroatoms. The number of carboxylic acids is 1. The molecular formula is C9H12N2O5. The van der Waals surface area contributed by atoms with E-state index in [0.29, 0.717) is 12.8 Å². The summed E-state index contributed by atoms with van der Waals surface area (Å²) in [6.07, 6.45) is 0.912. The van der Waals surface area contributed by atoms with Crippen LogP contribution < -0.4 is 11.1 Å². The zero-order valence-electron chi connectivity index (χ0n) is 8.65. The number of carbonyl (C=O) groups is 3. The highest BCUT2D eigenvalue weighted by Crippen LogP contribution is 1.95. The van der Waals surface area contributed by atoms with E-state index >= 15 is 0 Å². The van der Waals surface area contributed by atoms with E-state index in [-0.39, 0.29) is 0 Å². The summed E-state index contributed by atoms with van der Waals surface area (Å²) in [7, 11) is 0. The summed E-state index contributed by atoms with van der Waals surface area (Å²) >= 11 is 0. The Morgan fingerprint density at radius 3 is 2.38 bits per heavy atom. The van der Waals surface area contributed by atoms with E-state index in [0.717, 1.165) is 5.94 Å². The van der Waals surface area contributed by atoms with Crippen LogP contribution >= 0.6 is 0 Å². The molecule has 0 aliphatic heterocycles. The maximum absolute atomic E-state index is 11.2. The molecular weight excluding hydrogens is 216 g/mol. The van der Waals surface area contributed by atoms with Crippen LogP contribution in [0.4, 0.5) is 0 Å². The Morgan fingerprint density at radius 2 is 2.00 bits per heavy atom. The molecule has 4 N–H and O–H groups in total. The first-order valence-electron chi connectivity index (χ1n) is 4.53. The van der Waals surface area contributed by atoms with Gasteiger partial charge in [-0.1, -0.05) is 13.3 Å². The van der Waals surface area contributed by atoms with E-state index in [1.54, 1.807) is 12.2 Å². The number of rotatable bonds is 6. The second-order valence-electron chi connectivity index (χ2n) is 3.00. The quantitative estimate of drug-likeness (QED) is 0.291. The van der Waals surface area contributed by atoms with Gasteiger partial charge < -0.3 is 16.2 Å². The summed E-state index contributed by atoms with van der Waals surface area (Å²) in [5.41, 5.74) is 4.34. The monoisotopic (exact) mass is 228 g/mol. The van der Waals surface area contributed by atoms with Gasteiger partial charge in [0.05, 0.1) is 6.04 Å². The lowest BCUT2D eigenvalue weighted by Gasteiger charge is -2.08. The molecule has 0 heterocycles. The Labute approximate surface area is 91.3 Å². The average molecular weight is 228 g/mol. The highest BCUT2D eigenvalue weighted by atomic mass is 16.4. The molecule has 0 bridgehead atoms. The molecule has 0 spiro atoms. The number of hydrogen-bond acceptors (Lipinski definition) is 5. The molecule has 0 aromatic heterocycles. The lowest BCUT2D eigenvalue weighted by atomic mass is 10.1. The largest absolute Gasteiger partial charge is 0.476 e. The number of nitrogens with two attached hydrogens (primary N) is 1. The van der Waals surface area contributed by atoms with Crippen molar-refractivity contribution in [2.45, 2.75) is 25.8 Å². The second kappa shape index (κ2) is 6.49. The van der Waals surface area contributed by atoms with Crippen molar-refractivity contribution in [3.63, 3.8) is 0 Å². The van der Waals surface area contributed by atoms with E-state index in [4.69, 9.17) is 10.8 Å². The van der Waals surface area contributed by atoms with Crippen LogP contribution in [0.2, 0.25) is 0 Å². The third-order valence-electron chi connectivity index (χ3n) is 1.71. The van der Waals surface area contributed by atoms with Gasteiger partial charge in [-0.15, -0.1) is 0 Å². The molecule has 88 valence electrons. The first-order chi connectivity index (χ1) is 7.43. The number of ketones is 1. The zero-order chi connectivity index (χ0) is 12.7. The topological polar surface area (TPSA) is 127 Å². The Bertz CT molecular complexity index is 357. The molecule has 0 rings (SSSR count). The molecule has 0 fully saturated rings. The zero-order valence-corrected chi connectivity index (χ0v) is 8.65. The van der Waals surface area contributed by atoms with Gasteiger partial charge in [-0.05, 0) is 6.42 Å². The number of aliphatic carboxylic acids is 1. The molecule has 0 saturated carbocycles. The van der Waals surface area contributed by atoms with E-state index in [9.17, 15) is 19.2 Å². The molecule has 16 heavy (non-hydrogen) atoms. The highest BCUT2D eigenvalue weighted by molar-refractivity contribution is 6.39. The second-order valence-corrected chi connectivity index (χ2v) is 3.00. The molecule has 1 atom stereocenters. The van der Waals surface area contributed by atoms with Crippen molar-refractivity contribution in [3.8, 4) is 0 Å². The lowest BCUT2D eigenvalue weighted by Crippen LogP contribution is -2.43. The first kappa shape index (κ1) is 14.0. The molecule has 0 aliphatic rings. The minimum atomic E-state index is -1.67. The highest BCUT2D eigenvalue weighted by Gasteiger charge is 2.23. The molecule has 0 aromatic carbocycles. The number of nitrogens with one attached hydrogen (secondary N) is 1. The van der Waals surface area contributed by atoms with Crippen molar-refractivity contribution < 1.29 is 24.3 Å². The number of hydrogen-bond donors (Lipinski definition) is 3. The number of Topliss-reactive ketones (excluding diaryl/α,β-unsaturated/α-hetero) is 1. The first-order valence-corrected chi connectivity index (χ1v) is 4.53. The number of amides is 1. The lowest BCUT2D eigenvalue weighted by molar-refractivity contribution is -0.139. The van der Waals surface area contributed by atoms with Gasteiger partial charge in [0.25, 0.3) is 5.91 Å². The molecule has 1 amide bonds. The van der Waals surface area contributed by atoms with E-state index < -0.39 is 29.4 Å². The number of carboxylic acid groups (broad SMARTS) is 1. The van der Waals surface area contributed by atoms with Gasteiger partial charge in [-0.3, -0.25) is 9.59 Å². The third-order valence-corrected chi connectivity index (χ3v) is 1.71. The summed E-state index contributed by atoms with van der Waals surface area (Å²) in [6.45, 7) is 1.78. The van der Waals surface area contributed by atoms with Crippen LogP contribution in [0.5, 0.6) is 0 Å². The molecule has 0 aromatic rings. The van der Waals surface area contributed by atoms with Gasteiger partial charge in [0, 0.05) is 0 Å². The van der Waals surface area contributed by atoms with Gasteiger partial charge in [0.2, 0.25) is 11.5 Å². The standard InChI is InChI=1S/C9H12N2O5/c1-2-3-5(10)7(13)8(14)11-6(4-12)9(15)16/h5H,2-3,10H2,1H3,(H,11,14)(H,15,16). The van der Waals surface area contributed by atoms with E-state index in [1.807, 2.05) is 0 Å². The minimum Gasteiger partial charge on any atom is -0.476 e. The Morgan fingerprint density at radius 1 is 1.44 bits per heavy atom. The molecule has 7 nitrogen and oxygen atoms in total.